The second kappa shape index (κ2) is 3.64. The maximum absolute atomic E-state index is 10.5. The molecule has 0 aromatic heterocycles. The Morgan fingerprint density at radius 2 is 1.92 bits per heavy atom. The average Bonchev–Trinajstić information content (AvgIpc) is 2.04. The number of hydrogen-bond acceptors (Lipinski definition) is 3. The van der Waals surface area contributed by atoms with Gasteiger partial charge < -0.3 is 5.21 Å². The van der Waals surface area contributed by atoms with Gasteiger partial charge in [-0.25, -0.2) is 5.21 Å². The molecule has 0 aliphatic heterocycles. The minimum Gasteiger partial charge on any atom is -0.595 e. The topological polar surface area (TPSA) is 64.8 Å². The molecule has 0 aliphatic carbocycles. The predicted octanol–water partition coefficient (Wildman–Crippen LogP) is 0.469. The molecule has 5 heteroatoms. The highest BCUT2D eigenvalue weighted by Crippen LogP contribution is 2.07. The molecule has 0 saturated carbocycles. The summed E-state index contributed by atoms with van der Waals surface area (Å²) in [5.74, 6) is 0. The van der Waals surface area contributed by atoms with Crippen LogP contribution in [-0.4, -0.2) is 10.4 Å². The summed E-state index contributed by atoms with van der Waals surface area (Å²) in [5, 5.41) is 17.2. The van der Waals surface area contributed by atoms with Gasteiger partial charge in [0, 0.05) is 17.7 Å². The average molecular weight is 188 g/mol. The number of rotatable bonds is 2. The molecule has 1 rings (SSSR count). The first-order valence-corrected chi connectivity index (χ1v) is 3.52. The zero-order valence-corrected chi connectivity index (χ0v) is 6.71. The van der Waals surface area contributed by atoms with Crippen molar-refractivity contribution in [2.45, 2.75) is 0 Å². The molecule has 12 heavy (non-hydrogen) atoms. The van der Waals surface area contributed by atoms with Crippen molar-refractivity contribution in [3.8, 4) is 0 Å². The molecule has 1 atom stereocenters. The van der Waals surface area contributed by atoms with Crippen LogP contribution in [0, 0.1) is 5.21 Å². The molecule has 0 saturated heterocycles. The molecule has 1 unspecified atom stereocenters. The van der Waals surface area contributed by atoms with Gasteiger partial charge in [0.2, 0.25) is 0 Å². The molecule has 0 amide bonds. The summed E-state index contributed by atoms with van der Waals surface area (Å²) in [6.45, 7) is 0. The molecule has 0 spiro atoms. The maximum Gasteiger partial charge on any atom is 0.252 e. The molecule has 64 valence electrons. The maximum atomic E-state index is 10.5. The van der Waals surface area contributed by atoms with Crippen LogP contribution in [0.15, 0.2) is 24.3 Å². The Balaban J connectivity index is 2.93. The van der Waals surface area contributed by atoms with Crippen molar-refractivity contribution in [3.05, 3.63) is 35.0 Å². The van der Waals surface area contributed by atoms with E-state index in [2.05, 4.69) is 0 Å². The van der Waals surface area contributed by atoms with Gasteiger partial charge in [-0.2, -0.15) is 5.23 Å². The van der Waals surface area contributed by atoms with Crippen LogP contribution in [0.2, 0.25) is 0 Å². The third kappa shape index (κ3) is 2.02. The zero-order chi connectivity index (χ0) is 9.14. The molecule has 1 aromatic rings. The summed E-state index contributed by atoms with van der Waals surface area (Å²) in [4.78, 5) is 10.5. The fraction of sp³-hybridized carbons (Fsp3) is 0. The van der Waals surface area contributed by atoms with Crippen LogP contribution < -0.4 is 5.23 Å². The van der Waals surface area contributed by atoms with Crippen LogP contribution in [0.4, 0.5) is 5.69 Å². The van der Waals surface area contributed by atoms with E-state index in [1.165, 1.54) is 24.3 Å². The van der Waals surface area contributed by atoms with Crippen LogP contribution in [0.25, 0.3) is 0 Å². The van der Waals surface area contributed by atoms with Crippen LogP contribution in [-0.2, 0) is 0 Å². The van der Waals surface area contributed by atoms with Crippen LogP contribution in [0.5, 0.6) is 0 Å². The Kier molecular flexibility index (Phi) is 2.78. The first-order valence-electron chi connectivity index (χ1n) is 3.14. The zero-order valence-electron chi connectivity index (χ0n) is 5.95. The summed E-state index contributed by atoms with van der Waals surface area (Å²) in [7, 11) is 0. The van der Waals surface area contributed by atoms with Crippen LogP contribution in [0.1, 0.15) is 10.4 Å². The van der Waals surface area contributed by atoms with Crippen molar-refractivity contribution in [1.82, 2.24) is 0 Å². The van der Waals surface area contributed by atoms with Gasteiger partial charge in [-0.3, -0.25) is 4.79 Å². The minimum atomic E-state index is -1.02. The summed E-state index contributed by atoms with van der Waals surface area (Å²) in [5.41, 5.74) is 0.429. The number of nitrogens with one attached hydrogen (secondary N) is 1. The van der Waals surface area contributed by atoms with Gasteiger partial charge in [0.15, 0.2) is 5.69 Å². The first-order chi connectivity index (χ1) is 5.61. The van der Waals surface area contributed by atoms with Crippen LogP contribution in [0.3, 0.4) is 0 Å². The highest BCUT2D eigenvalue weighted by Gasteiger charge is 2.03. The molecule has 0 heterocycles. The third-order valence-corrected chi connectivity index (χ3v) is 1.58. The van der Waals surface area contributed by atoms with Crippen molar-refractivity contribution in [2.24, 2.45) is 0 Å². The van der Waals surface area contributed by atoms with E-state index >= 15 is 0 Å². The van der Waals surface area contributed by atoms with Crippen molar-refractivity contribution in [3.63, 3.8) is 0 Å². The van der Waals surface area contributed by atoms with Gasteiger partial charge in [-0.15, -0.1) is 0 Å². The SMILES string of the molecule is O=C(Cl)c1ccc([NH+]([O-])O)cc1. The van der Waals surface area contributed by atoms with Crippen molar-refractivity contribution < 1.29 is 15.2 Å². The van der Waals surface area contributed by atoms with Crippen molar-refractivity contribution >= 4 is 22.5 Å². The summed E-state index contributed by atoms with van der Waals surface area (Å²) >= 11 is 5.15. The first kappa shape index (κ1) is 9.15. The Morgan fingerprint density at radius 1 is 1.42 bits per heavy atom. The Hall–Kier alpha value is -0.940. The van der Waals surface area contributed by atoms with E-state index in [0.717, 1.165) is 0 Å². The molecular weight excluding hydrogens is 182 g/mol. The highest BCUT2D eigenvalue weighted by atomic mass is 35.5. The molecule has 0 fully saturated rings. The molecule has 2 N–H and O–H groups in total. The number of benzene rings is 1. The molecule has 0 radical (unpaired) electrons. The van der Waals surface area contributed by atoms with E-state index in [1.807, 2.05) is 0 Å². The normalized spacial score (nSPS) is 12.6. The summed E-state index contributed by atoms with van der Waals surface area (Å²) in [6.07, 6.45) is 0. The van der Waals surface area contributed by atoms with E-state index < -0.39 is 10.5 Å². The monoisotopic (exact) mass is 187 g/mol. The number of halogens is 1. The van der Waals surface area contributed by atoms with Gasteiger partial charge in [0.05, 0.1) is 0 Å². The fourth-order valence-corrected chi connectivity index (χ4v) is 0.870. The second-order valence-electron chi connectivity index (χ2n) is 2.16. The van der Waals surface area contributed by atoms with Gasteiger partial charge in [-0.05, 0) is 23.7 Å². The molecule has 0 aliphatic rings. The standard InChI is InChI=1S/C7H6ClNO3/c8-7(10)5-1-3-6(4-2-5)9(11)12/h1-4,9,11H. The third-order valence-electron chi connectivity index (χ3n) is 1.36. The minimum absolute atomic E-state index is 0.136. The lowest BCUT2D eigenvalue weighted by Crippen LogP contribution is -2.99. The molecule has 4 nitrogen and oxygen atoms in total. The van der Waals surface area contributed by atoms with Gasteiger partial charge in [-0.1, -0.05) is 0 Å². The second-order valence-corrected chi connectivity index (χ2v) is 2.50. The number of hydrogen-bond donors (Lipinski definition) is 2. The van der Waals surface area contributed by atoms with E-state index in [-0.39, 0.29) is 5.69 Å². The summed E-state index contributed by atoms with van der Waals surface area (Å²) in [6, 6.07) is 5.41. The number of carbonyl (C=O) groups is 1. The van der Waals surface area contributed by atoms with E-state index in [0.29, 0.717) is 5.56 Å². The van der Waals surface area contributed by atoms with Crippen molar-refractivity contribution in [1.29, 1.82) is 0 Å². The summed E-state index contributed by atoms with van der Waals surface area (Å²) < 4.78 is 0. The van der Waals surface area contributed by atoms with E-state index in [9.17, 15) is 10.0 Å². The predicted molar refractivity (Wildman–Crippen MR) is 42.4 cm³/mol. The lowest BCUT2D eigenvalue weighted by molar-refractivity contribution is -0.991. The smallest absolute Gasteiger partial charge is 0.252 e. The van der Waals surface area contributed by atoms with Crippen LogP contribution >= 0.6 is 11.6 Å². The number of quaternary nitrogens is 1. The van der Waals surface area contributed by atoms with E-state index in [1.54, 1.807) is 0 Å². The number of carbonyl (C=O) groups excluding carboxylic acids is 1. The quantitative estimate of drug-likeness (QED) is 0.523. The van der Waals surface area contributed by atoms with Crippen molar-refractivity contribution in [2.75, 3.05) is 0 Å². The Labute approximate surface area is 73.5 Å². The fourth-order valence-electron chi connectivity index (χ4n) is 0.744. The Bertz CT molecular complexity index is 283. The molecule has 1 aromatic carbocycles. The lowest BCUT2D eigenvalue weighted by Gasteiger charge is -2.10. The van der Waals surface area contributed by atoms with E-state index in [4.69, 9.17) is 16.8 Å². The van der Waals surface area contributed by atoms with Gasteiger partial charge >= 0.3 is 0 Å². The highest BCUT2D eigenvalue weighted by molar-refractivity contribution is 6.67. The van der Waals surface area contributed by atoms with Gasteiger partial charge in [0.1, 0.15) is 0 Å². The lowest BCUT2D eigenvalue weighted by atomic mass is 10.2. The molecular formula is C7H6ClNO3. The van der Waals surface area contributed by atoms with Gasteiger partial charge in [0.25, 0.3) is 5.24 Å². The Morgan fingerprint density at radius 3 is 2.25 bits per heavy atom. The largest absolute Gasteiger partial charge is 0.595 e. The molecule has 0 bridgehead atoms.